The summed E-state index contributed by atoms with van der Waals surface area (Å²) in [5.41, 5.74) is 3.16. The number of Topliss-reactive ketones (excluding diaryl/α,β-unsaturated/α-hetero) is 1. The molecule has 0 radical (unpaired) electrons. The zero-order valence-corrected chi connectivity index (χ0v) is 16.4. The normalized spacial score (nSPS) is 11.0. The number of hydrogen-bond donors (Lipinski definition) is 2. The molecule has 6 heteroatoms. The summed E-state index contributed by atoms with van der Waals surface area (Å²) in [5.74, 6) is 0.514. The Balaban J connectivity index is 1.67. The van der Waals surface area contributed by atoms with Crippen molar-refractivity contribution in [2.45, 2.75) is 13.8 Å². The highest BCUT2D eigenvalue weighted by molar-refractivity contribution is 6.10. The second-order valence-corrected chi connectivity index (χ2v) is 6.68. The molecule has 0 bridgehead atoms. The molecular weight excluding hydrogens is 354 g/mol. The molecule has 146 valence electrons. The molecule has 0 aliphatic rings. The van der Waals surface area contributed by atoms with Gasteiger partial charge in [0.25, 0.3) is 0 Å². The summed E-state index contributed by atoms with van der Waals surface area (Å²) >= 11 is 0. The molecule has 3 aromatic rings. The number of hydrogen-bond acceptors (Lipinski definition) is 4. The number of para-hydroxylation sites is 1. The van der Waals surface area contributed by atoms with Gasteiger partial charge in [-0.25, -0.2) is 0 Å². The maximum absolute atomic E-state index is 12.9. The molecular formula is C22H25N3O3. The first-order valence-electron chi connectivity index (χ1n) is 9.28. The summed E-state index contributed by atoms with van der Waals surface area (Å²) in [6, 6.07) is 15.0. The molecule has 0 aliphatic carbocycles. The van der Waals surface area contributed by atoms with E-state index in [1.165, 1.54) is 0 Å². The second kappa shape index (κ2) is 8.71. The Bertz CT molecular complexity index is 994. The Morgan fingerprint density at radius 2 is 1.89 bits per heavy atom. The highest BCUT2D eigenvalue weighted by atomic mass is 16.5. The molecule has 1 aromatic heterocycles. The highest BCUT2D eigenvalue weighted by Gasteiger charge is 2.19. The van der Waals surface area contributed by atoms with Gasteiger partial charge < -0.3 is 15.0 Å². The average molecular weight is 379 g/mol. The smallest absolute Gasteiger partial charge is 0.238 e. The number of aromatic amines is 1. The lowest BCUT2D eigenvalue weighted by Crippen LogP contribution is -2.37. The molecule has 0 saturated carbocycles. The van der Waals surface area contributed by atoms with Gasteiger partial charge >= 0.3 is 0 Å². The first kappa shape index (κ1) is 19.6. The summed E-state index contributed by atoms with van der Waals surface area (Å²) in [5, 5.41) is 3.77. The number of nitrogens with zero attached hydrogens (tertiary/aromatic N) is 1. The van der Waals surface area contributed by atoms with Crippen LogP contribution in [0.2, 0.25) is 0 Å². The highest BCUT2D eigenvalue weighted by Crippen LogP contribution is 2.22. The lowest BCUT2D eigenvalue weighted by molar-refractivity contribution is -0.117. The molecule has 0 unspecified atom stereocenters. The van der Waals surface area contributed by atoms with Gasteiger partial charge in [0.1, 0.15) is 5.75 Å². The number of rotatable bonds is 8. The Labute approximate surface area is 164 Å². The van der Waals surface area contributed by atoms with Crippen molar-refractivity contribution in [2.24, 2.45) is 0 Å². The van der Waals surface area contributed by atoms with Crippen LogP contribution in [0.4, 0.5) is 5.69 Å². The molecule has 28 heavy (non-hydrogen) atoms. The quantitative estimate of drug-likeness (QED) is 0.586. The molecule has 1 heterocycles. The van der Waals surface area contributed by atoms with Crippen LogP contribution < -0.4 is 10.1 Å². The molecule has 0 spiro atoms. The number of H-pyrrole nitrogens is 1. The van der Waals surface area contributed by atoms with Gasteiger partial charge in [0.2, 0.25) is 5.91 Å². The van der Waals surface area contributed by atoms with E-state index >= 15 is 0 Å². The van der Waals surface area contributed by atoms with Crippen molar-refractivity contribution < 1.29 is 14.3 Å². The fourth-order valence-electron chi connectivity index (χ4n) is 3.30. The third-order valence-electron chi connectivity index (χ3n) is 4.71. The summed E-state index contributed by atoms with van der Waals surface area (Å²) in [7, 11) is 1.58. The Kier molecular flexibility index (Phi) is 6.11. The number of anilines is 1. The van der Waals surface area contributed by atoms with Crippen molar-refractivity contribution in [1.82, 2.24) is 9.88 Å². The number of ketones is 1. The predicted octanol–water partition coefficient (Wildman–Crippen LogP) is 3.63. The number of nitrogens with one attached hydrogen (secondary N) is 2. The molecule has 0 saturated heterocycles. The maximum atomic E-state index is 12.9. The monoisotopic (exact) mass is 379 g/mol. The summed E-state index contributed by atoms with van der Waals surface area (Å²) in [6.45, 7) is 4.76. The second-order valence-electron chi connectivity index (χ2n) is 6.68. The maximum Gasteiger partial charge on any atom is 0.238 e. The van der Waals surface area contributed by atoms with Gasteiger partial charge in [0.15, 0.2) is 5.78 Å². The van der Waals surface area contributed by atoms with Gasteiger partial charge in [-0.05, 0) is 31.7 Å². The van der Waals surface area contributed by atoms with E-state index in [1.54, 1.807) is 19.2 Å². The van der Waals surface area contributed by atoms with Crippen molar-refractivity contribution in [3.63, 3.8) is 0 Å². The van der Waals surface area contributed by atoms with E-state index < -0.39 is 0 Å². The minimum absolute atomic E-state index is 0.00554. The zero-order valence-electron chi connectivity index (χ0n) is 16.4. The minimum atomic E-state index is -0.168. The van der Waals surface area contributed by atoms with Crippen molar-refractivity contribution >= 4 is 28.3 Å². The van der Waals surface area contributed by atoms with Crippen molar-refractivity contribution in [3.05, 3.63) is 59.8 Å². The van der Waals surface area contributed by atoms with Gasteiger partial charge in [0, 0.05) is 33.9 Å². The molecule has 1 amide bonds. The van der Waals surface area contributed by atoms with E-state index in [9.17, 15) is 9.59 Å². The summed E-state index contributed by atoms with van der Waals surface area (Å²) in [6.07, 6.45) is 0. The number of methoxy groups -OCH3 is 1. The summed E-state index contributed by atoms with van der Waals surface area (Å²) < 4.78 is 5.17. The SMILES string of the molecule is CCN(CC(=O)Nc1cccc(OC)c1)CC(=O)c1c(C)[nH]c2ccccc12. The topological polar surface area (TPSA) is 74.4 Å². The zero-order chi connectivity index (χ0) is 20.1. The van der Waals surface area contributed by atoms with E-state index in [4.69, 9.17) is 4.74 Å². The van der Waals surface area contributed by atoms with Crippen LogP contribution in [0, 0.1) is 6.92 Å². The van der Waals surface area contributed by atoms with Crippen LogP contribution in [0.3, 0.4) is 0 Å². The van der Waals surface area contributed by atoms with E-state index in [0.717, 1.165) is 16.6 Å². The van der Waals surface area contributed by atoms with E-state index in [2.05, 4.69) is 10.3 Å². The fraction of sp³-hybridized carbons (Fsp3) is 0.273. The number of ether oxygens (including phenoxy) is 1. The molecule has 6 nitrogen and oxygen atoms in total. The van der Waals surface area contributed by atoms with Crippen LogP contribution in [-0.2, 0) is 4.79 Å². The van der Waals surface area contributed by atoms with Crippen molar-refractivity contribution in [1.29, 1.82) is 0 Å². The summed E-state index contributed by atoms with van der Waals surface area (Å²) in [4.78, 5) is 30.4. The fourth-order valence-corrected chi connectivity index (χ4v) is 3.30. The van der Waals surface area contributed by atoms with Crippen LogP contribution in [-0.4, -0.2) is 48.3 Å². The van der Waals surface area contributed by atoms with Gasteiger partial charge in [-0.3, -0.25) is 14.5 Å². The standard InChI is InChI=1S/C22H25N3O3/c1-4-25(14-21(27)24-16-8-7-9-17(12-16)28-3)13-20(26)22-15(2)23-19-11-6-5-10-18(19)22/h5-12,23H,4,13-14H2,1-3H3,(H,24,27). The minimum Gasteiger partial charge on any atom is -0.497 e. The number of fused-ring (bicyclic) bond motifs is 1. The van der Waals surface area contributed by atoms with Gasteiger partial charge in [-0.2, -0.15) is 0 Å². The third kappa shape index (κ3) is 4.40. The van der Waals surface area contributed by atoms with Crippen LogP contribution in [0.15, 0.2) is 48.5 Å². The van der Waals surface area contributed by atoms with E-state index in [1.807, 2.05) is 55.1 Å². The largest absolute Gasteiger partial charge is 0.497 e. The van der Waals surface area contributed by atoms with Crippen LogP contribution in [0.5, 0.6) is 5.75 Å². The lowest BCUT2D eigenvalue weighted by Gasteiger charge is -2.19. The third-order valence-corrected chi connectivity index (χ3v) is 4.71. The Morgan fingerprint density at radius 3 is 2.64 bits per heavy atom. The number of aryl methyl sites for hydroxylation is 1. The van der Waals surface area contributed by atoms with Gasteiger partial charge in [-0.1, -0.05) is 31.2 Å². The number of likely N-dealkylation sites (N-methyl/N-ethyl adjacent to an activating group) is 1. The molecule has 0 fully saturated rings. The lowest BCUT2D eigenvalue weighted by atomic mass is 10.1. The Morgan fingerprint density at radius 1 is 1.11 bits per heavy atom. The molecule has 2 N–H and O–H groups in total. The first-order valence-corrected chi connectivity index (χ1v) is 9.28. The average Bonchev–Trinajstić information content (AvgIpc) is 3.03. The number of benzene rings is 2. The molecule has 3 rings (SSSR count). The van der Waals surface area contributed by atoms with Crippen molar-refractivity contribution in [3.8, 4) is 5.75 Å². The first-order chi connectivity index (χ1) is 13.5. The van der Waals surface area contributed by atoms with Crippen LogP contribution in [0.25, 0.3) is 10.9 Å². The number of carbonyl (C=O) groups is 2. The predicted molar refractivity (Wildman–Crippen MR) is 111 cm³/mol. The Hall–Kier alpha value is -3.12. The molecule has 2 aromatic carbocycles. The van der Waals surface area contributed by atoms with Crippen LogP contribution in [0.1, 0.15) is 23.0 Å². The number of aromatic nitrogens is 1. The number of amides is 1. The van der Waals surface area contributed by atoms with Gasteiger partial charge in [-0.15, -0.1) is 0 Å². The van der Waals surface area contributed by atoms with E-state index in [0.29, 0.717) is 23.5 Å². The van der Waals surface area contributed by atoms with Crippen molar-refractivity contribution in [2.75, 3.05) is 32.1 Å². The molecule has 0 atom stereocenters. The van der Waals surface area contributed by atoms with E-state index in [-0.39, 0.29) is 24.8 Å². The van der Waals surface area contributed by atoms with Crippen LogP contribution >= 0.6 is 0 Å². The molecule has 0 aliphatic heterocycles. The number of carbonyl (C=O) groups excluding carboxylic acids is 2. The van der Waals surface area contributed by atoms with Gasteiger partial charge in [0.05, 0.1) is 20.2 Å².